The average molecular weight is 378 g/mol. The minimum absolute atomic E-state index is 0.0418. The predicted molar refractivity (Wildman–Crippen MR) is 114 cm³/mol. The highest BCUT2D eigenvalue weighted by atomic mass is 16.5. The zero-order chi connectivity index (χ0) is 20.1. The van der Waals surface area contributed by atoms with Crippen molar-refractivity contribution in [3.63, 3.8) is 0 Å². The van der Waals surface area contributed by atoms with Crippen molar-refractivity contribution in [2.24, 2.45) is 0 Å². The summed E-state index contributed by atoms with van der Waals surface area (Å²) in [6, 6.07) is 20.6. The zero-order valence-electron chi connectivity index (χ0n) is 17.1. The molecule has 0 bridgehead atoms. The minimum atomic E-state index is -0.0418. The topological polar surface area (TPSA) is 42.8 Å². The van der Waals surface area contributed by atoms with Crippen LogP contribution in [0.4, 0.5) is 0 Å². The molecule has 0 saturated carbocycles. The third-order valence-electron chi connectivity index (χ3n) is 5.06. The van der Waals surface area contributed by atoms with Gasteiger partial charge in [-0.25, -0.2) is 0 Å². The van der Waals surface area contributed by atoms with Gasteiger partial charge in [-0.05, 0) is 42.3 Å². The summed E-state index contributed by atoms with van der Waals surface area (Å²) < 4.78 is 5.46. The van der Waals surface area contributed by atoms with E-state index < -0.39 is 0 Å². The first-order valence-electron chi connectivity index (χ1n) is 9.69. The Morgan fingerprint density at radius 1 is 1.11 bits per heavy atom. The Morgan fingerprint density at radius 2 is 1.86 bits per heavy atom. The van der Waals surface area contributed by atoms with Crippen molar-refractivity contribution < 1.29 is 14.4 Å². The van der Waals surface area contributed by atoms with E-state index in [4.69, 9.17) is 4.74 Å². The highest BCUT2D eigenvalue weighted by Crippen LogP contribution is 2.24. The second kappa shape index (κ2) is 8.89. The maximum absolute atomic E-state index is 12.6. The summed E-state index contributed by atoms with van der Waals surface area (Å²) >= 11 is 0. The van der Waals surface area contributed by atoms with E-state index in [0.717, 1.165) is 28.3 Å². The smallest absolute Gasteiger partial charge is 0.275 e. The molecule has 4 nitrogen and oxygen atoms in total. The van der Waals surface area contributed by atoms with Crippen molar-refractivity contribution in [1.82, 2.24) is 5.32 Å². The number of rotatable bonds is 7. The summed E-state index contributed by atoms with van der Waals surface area (Å²) in [6.45, 7) is 5.25. The van der Waals surface area contributed by atoms with E-state index in [1.165, 1.54) is 16.3 Å². The Morgan fingerprint density at radius 3 is 2.64 bits per heavy atom. The summed E-state index contributed by atoms with van der Waals surface area (Å²) in [5.41, 5.74) is 3.46. The SMILES string of the molecule is COc1ccc(C)cc1C[NH+](C)CC(=O)N[C@H](C)c1cccc2ccccc12. The average Bonchev–Trinajstić information content (AvgIpc) is 2.67. The zero-order valence-corrected chi connectivity index (χ0v) is 17.1. The maximum atomic E-state index is 12.6. The van der Waals surface area contributed by atoms with Gasteiger partial charge < -0.3 is 15.0 Å². The number of nitrogens with one attached hydrogen (secondary N) is 2. The molecule has 0 saturated heterocycles. The van der Waals surface area contributed by atoms with E-state index in [1.807, 2.05) is 44.3 Å². The number of fused-ring (bicyclic) bond motifs is 1. The van der Waals surface area contributed by atoms with E-state index >= 15 is 0 Å². The molecule has 2 N–H and O–H groups in total. The van der Waals surface area contributed by atoms with Crippen LogP contribution < -0.4 is 15.0 Å². The summed E-state index contributed by atoms with van der Waals surface area (Å²) in [5.74, 6) is 0.916. The van der Waals surface area contributed by atoms with Gasteiger partial charge in [0.2, 0.25) is 0 Å². The Balaban J connectivity index is 1.64. The molecule has 0 fully saturated rings. The lowest BCUT2D eigenvalue weighted by Gasteiger charge is -2.19. The molecule has 0 radical (unpaired) electrons. The highest BCUT2D eigenvalue weighted by Gasteiger charge is 2.17. The monoisotopic (exact) mass is 377 g/mol. The van der Waals surface area contributed by atoms with E-state index in [0.29, 0.717) is 6.54 Å². The van der Waals surface area contributed by atoms with Crippen LogP contribution >= 0.6 is 0 Å². The van der Waals surface area contributed by atoms with Crippen molar-refractivity contribution in [1.29, 1.82) is 0 Å². The number of amides is 1. The van der Waals surface area contributed by atoms with Crippen molar-refractivity contribution in [3.8, 4) is 5.75 Å². The van der Waals surface area contributed by atoms with Gasteiger partial charge in [-0.2, -0.15) is 0 Å². The Kier molecular flexibility index (Phi) is 6.32. The first kappa shape index (κ1) is 19.9. The van der Waals surface area contributed by atoms with Gasteiger partial charge in [0, 0.05) is 5.56 Å². The van der Waals surface area contributed by atoms with Crippen LogP contribution in [0, 0.1) is 6.92 Å². The summed E-state index contributed by atoms with van der Waals surface area (Å²) in [6.07, 6.45) is 0. The number of quaternary nitrogens is 1. The van der Waals surface area contributed by atoms with Crippen LogP contribution in [0.2, 0.25) is 0 Å². The number of methoxy groups -OCH3 is 1. The fourth-order valence-corrected chi connectivity index (χ4v) is 3.71. The molecule has 3 rings (SSSR count). The van der Waals surface area contributed by atoms with Gasteiger partial charge in [-0.3, -0.25) is 4.79 Å². The Hall–Kier alpha value is -2.85. The second-order valence-electron chi connectivity index (χ2n) is 7.48. The van der Waals surface area contributed by atoms with E-state index in [-0.39, 0.29) is 11.9 Å². The molecule has 3 aromatic carbocycles. The molecule has 0 aromatic heterocycles. The molecule has 0 aliphatic carbocycles. The van der Waals surface area contributed by atoms with Crippen LogP contribution in [-0.4, -0.2) is 26.6 Å². The summed E-state index contributed by atoms with van der Waals surface area (Å²) in [4.78, 5) is 13.7. The molecule has 0 spiro atoms. The number of likely N-dealkylation sites (N-methyl/N-ethyl adjacent to an activating group) is 1. The quantitative estimate of drug-likeness (QED) is 0.665. The fraction of sp³-hybridized carbons (Fsp3) is 0.292. The molecule has 2 atom stereocenters. The predicted octanol–water partition coefficient (Wildman–Crippen LogP) is 3.05. The number of carbonyl (C=O) groups excluding carboxylic acids is 1. The largest absolute Gasteiger partial charge is 0.496 e. The van der Waals surface area contributed by atoms with Crippen LogP contribution in [0.1, 0.15) is 29.7 Å². The fourth-order valence-electron chi connectivity index (χ4n) is 3.71. The molecule has 0 aliphatic rings. The van der Waals surface area contributed by atoms with Gasteiger partial charge in [0.15, 0.2) is 6.54 Å². The lowest BCUT2D eigenvalue weighted by molar-refractivity contribution is -0.885. The highest BCUT2D eigenvalue weighted by molar-refractivity contribution is 5.87. The lowest BCUT2D eigenvalue weighted by atomic mass is 10.00. The second-order valence-corrected chi connectivity index (χ2v) is 7.48. The number of aryl methyl sites for hydroxylation is 1. The van der Waals surface area contributed by atoms with Gasteiger partial charge >= 0.3 is 0 Å². The van der Waals surface area contributed by atoms with Crippen LogP contribution in [0.3, 0.4) is 0 Å². The molecule has 3 aromatic rings. The first-order valence-corrected chi connectivity index (χ1v) is 9.69. The summed E-state index contributed by atoms with van der Waals surface area (Å²) in [5, 5.41) is 5.53. The molecule has 1 unspecified atom stereocenters. The molecule has 4 heteroatoms. The Bertz CT molecular complexity index is 962. The number of hydrogen-bond acceptors (Lipinski definition) is 2. The molecule has 146 valence electrons. The summed E-state index contributed by atoms with van der Waals surface area (Å²) in [7, 11) is 3.71. The van der Waals surface area contributed by atoms with E-state index in [1.54, 1.807) is 7.11 Å². The van der Waals surface area contributed by atoms with Gasteiger partial charge in [0.05, 0.1) is 20.2 Å². The van der Waals surface area contributed by atoms with E-state index in [9.17, 15) is 4.79 Å². The number of carbonyl (C=O) groups is 1. The lowest BCUT2D eigenvalue weighted by Crippen LogP contribution is -3.08. The van der Waals surface area contributed by atoms with Gasteiger partial charge in [0.1, 0.15) is 12.3 Å². The molecule has 28 heavy (non-hydrogen) atoms. The van der Waals surface area contributed by atoms with Crippen molar-refractivity contribution >= 4 is 16.7 Å². The number of benzene rings is 3. The van der Waals surface area contributed by atoms with Crippen LogP contribution in [-0.2, 0) is 11.3 Å². The molecule has 0 heterocycles. The van der Waals surface area contributed by atoms with Crippen molar-refractivity contribution in [2.75, 3.05) is 20.7 Å². The first-order chi connectivity index (χ1) is 13.5. The molecule has 0 aliphatic heterocycles. The van der Waals surface area contributed by atoms with E-state index in [2.05, 4.69) is 42.6 Å². The van der Waals surface area contributed by atoms with Crippen LogP contribution in [0.25, 0.3) is 10.8 Å². The standard InChI is InChI=1S/C24H28N2O2/c1-17-12-13-23(28-4)20(14-17)15-26(3)16-24(27)25-18(2)21-11-7-9-19-8-5-6-10-22(19)21/h5-14,18H,15-16H2,1-4H3,(H,25,27)/p+1/t18-/m1/s1. The van der Waals surface area contributed by atoms with Gasteiger partial charge in [0.25, 0.3) is 5.91 Å². The van der Waals surface area contributed by atoms with Crippen molar-refractivity contribution in [3.05, 3.63) is 77.4 Å². The molecular weight excluding hydrogens is 348 g/mol. The van der Waals surface area contributed by atoms with Crippen molar-refractivity contribution in [2.45, 2.75) is 26.4 Å². The van der Waals surface area contributed by atoms with Gasteiger partial charge in [-0.1, -0.05) is 54.1 Å². The molecule has 1 amide bonds. The number of hydrogen-bond donors (Lipinski definition) is 2. The normalized spacial score (nSPS) is 13.1. The Labute approximate surface area is 167 Å². The maximum Gasteiger partial charge on any atom is 0.275 e. The third kappa shape index (κ3) is 4.70. The minimum Gasteiger partial charge on any atom is -0.496 e. The molecular formula is C24H29N2O2+. The van der Waals surface area contributed by atoms with Crippen LogP contribution in [0.5, 0.6) is 5.75 Å². The number of ether oxygens (including phenoxy) is 1. The van der Waals surface area contributed by atoms with Gasteiger partial charge in [-0.15, -0.1) is 0 Å². The third-order valence-corrected chi connectivity index (χ3v) is 5.06. The van der Waals surface area contributed by atoms with Crippen LogP contribution in [0.15, 0.2) is 60.7 Å².